The summed E-state index contributed by atoms with van der Waals surface area (Å²) in [5.74, 6) is -0.816. The van der Waals surface area contributed by atoms with Gasteiger partial charge >= 0.3 is 6.36 Å². The SMILES string of the molecule is Cc1c(C#N)cc(OC(F)(F)F)cc1S(=O)(=O)Cl. The molecule has 0 amide bonds. The molecule has 0 atom stereocenters. The van der Waals surface area contributed by atoms with Gasteiger partial charge in [-0.1, -0.05) is 0 Å². The van der Waals surface area contributed by atoms with Gasteiger partial charge in [0.15, 0.2) is 0 Å². The van der Waals surface area contributed by atoms with E-state index < -0.39 is 26.1 Å². The molecule has 0 aliphatic heterocycles. The van der Waals surface area contributed by atoms with E-state index >= 15 is 0 Å². The van der Waals surface area contributed by atoms with Gasteiger partial charge in [-0.2, -0.15) is 5.26 Å². The number of ether oxygens (including phenoxy) is 1. The first-order valence-corrected chi connectivity index (χ1v) is 6.60. The number of hydrogen-bond donors (Lipinski definition) is 0. The van der Waals surface area contributed by atoms with Gasteiger partial charge in [0.05, 0.1) is 16.5 Å². The molecule has 0 bridgehead atoms. The summed E-state index contributed by atoms with van der Waals surface area (Å²) in [4.78, 5) is -0.595. The van der Waals surface area contributed by atoms with Crippen molar-refractivity contribution in [1.29, 1.82) is 5.26 Å². The molecule has 18 heavy (non-hydrogen) atoms. The fourth-order valence-electron chi connectivity index (χ4n) is 1.22. The molecule has 0 saturated heterocycles. The van der Waals surface area contributed by atoms with Crippen LogP contribution in [0.5, 0.6) is 5.75 Å². The highest BCUT2D eigenvalue weighted by molar-refractivity contribution is 8.13. The predicted molar refractivity (Wildman–Crippen MR) is 55.6 cm³/mol. The highest BCUT2D eigenvalue weighted by atomic mass is 35.7. The first kappa shape index (κ1) is 14.6. The molecule has 0 heterocycles. The third-order valence-corrected chi connectivity index (χ3v) is 3.40. The average Bonchev–Trinajstić information content (AvgIpc) is 2.16. The van der Waals surface area contributed by atoms with Gasteiger partial charge in [-0.3, -0.25) is 0 Å². The normalized spacial score (nSPS) is 12.0. The van der Waals surface area contributed by atoms with Crippen LogP contribution in [0.25, 0.3) is 0 Å². The number of nitrogens with zero attached hydrogens (tertiary/aromatic N) is 1. The summed E-state index contributed by atoms with van der Waals surface area (Å²) in [6.07, 6.45) is -4.99. The summed E-state index contributed by atoms with van der Waals surface area (Å²) >= 11 is 0. The minimum absolute atomic E-state index is 0.0398. The number of halogens is 4. The van der Waals surface area contributed by atoms with E-state index in [0.717, 1.165) is 6.07 Å². The van der Waals surface area contributed by atoms with E-state index in [2.05, 4.69) is 4.74 Å². The zero-order valence-corrected chi connectivity index (χ0v) is 10.3. The Kier molecular flexibility index (Phi) is 3.78. The molecule has 0 unspecified atom stereocenters. The molecule has 1 aromatic rings. The van der Waals surface area contributed by atoms with Crippen molar-refractivity contribution in [3.05, 3.63) is 23.3 Å². The molecule has 1 aromatic carbocycles. The lowest BCUT2D eigenvalue weighted by atomic mass is 10.1. The average molecular weight is 300 g/mol. The van der Waals surface area contributed by atoms with E-state index in [1.54, 1.807) is 6.07 Å². The summed E-state index contributed by atoms with van der Waals surface area (Å²) in [7, 11) is 0.792. The third-order valence-electron chi connectivity index (χ3n) is 1.95. The number of alkyl halides is 3. The van der Waals surface area contributed by atoms with Crippen molar-refractivity contribution in [2.45, 2.75) is 18.2 Å². The Balaban J connectivity index is 3.47. The molecular formula is C9H5ClF3NO3S. The van der Waals surface area contributed by atoms with Crippen molar-refractivity contribution in [3.63, 3.8) is 0 Å². The number of rotatable bonds is 2. The molecule has 0 N–H and O–H groups in total. The van der Waals surface area contributed by atoms with Crippen molar-refractivity contribution in [2.24, 2.45) is 0 Å². The van der Waals surface area contributed by atoms with Crippen molar-refractivity contribution >= 4 is 19.7 Å². The van der Waals surface area contributed by atoms with Crippen LogP contribution in [0.3, 0.4) is 0 Å². The molecule has 0 aliphatic rings. The first-order valence-electron chi connectivity index (χ1n) is 4.30. The Morgan fingerprint density at radius 3 is 2.33 bits per heavy atom. The Bertz CT molecular complexity index is 619. The fraction of sp³-hybridized carbons (Fsp3) is 0.222. The largest absolute Gasteiger partial charge is 0.573 e. The van der Waals surface area contributed by atoms with E-state index in [0.29, 0.717) is 6.07 Å². The van der Waals surface area contributed by atoms with Gasteiger partial charge in [-0.15, -0.1) is 13.2 Å². The summed E-state index contributed by atoms with van der Waals surface area (Å²) in [5, 5.41) is 8.71. The third kappa shape index (κ3) is 3.51. The van der Waals surface area contributed by atoms with Crippen LogP contribution in [0.1, 0.15) is 11.1 Å². The second-order valence-corrected chi connectivity index (χ2v) is 5.73. The molecule has 0 spiro atoms. The quantitative estimate of drug-likeness (QED) is 0.787. The molecular weight excluding hydrogens is 295 g/mol. The maximum Gasteiger partial charge on any atom is 0.573 e. The van der Waals surface area contributed by atoms with Gasteiger partial charge in [-0.25, -0.2) is 8.42 Å². The molecule has 4 nitrogen and oxygen atoms in total. The summed E-state index contributed by atoms with van der Waals surface area (Å²) in [6.45, 7) is 1.26. The monoisotopic (exact) mass is 299 g/mol. The molecule has 9 heteroatoms. The smallest absolute Gasteiger partial charge is 0.406 e. The van der Waals surface area contributed by atoms with Gasteiger partial charge in [0.25, 0.3) is 9.05 Å². The van der Waals surface area contributed by atoms with E-state index in [9.17, 15) is 21.6 Å². The second-order valence-electron chi connectivity index (χ2n) is 3.19. The molecule has 1 rings (SSSR count). The number of nitriles is 1. The highest BCUT2D eigenvalue weighted by Crippen LogP contribution is 2.30. The summed E-state index contributed by atoms with van der Waals surface area (Å²) in [6, 6.07) is 2.97. The van der Waals surface area contributed by atoms with Crippen LogP contribution in [0.4, 0.5) is 13.2 Å². The van der Waals surface area contributed by atoms with Crippen LogP contribution >= 0.6 is 10.7 Å². The zero-order chi connectivity index (χ0) is 14.1. The molecule has 0 radical (unpaired) electrons. The van der Waals surface area contributed by atoms with Gasteiger partial charge in [0, 0.05) is 16.7 Å². The Hall–Kier alpha value is -1.46. The lowest BCUT2D eigenvalue weighted by Gasteiger charge is -2.11. The second kappa shape index (κ2) is 4.66. The van der Waals surface area contributed by atoms with Gasteiger partial charge in [0.2, 0.25) is 0 Å². The van der Waals surface area contributed by atoms with Gasteiger partial charge in [0.1, 0.15) is 5.75 Å². The zero-order valence-electron chi connectivity index (χ0n) is 8.75. The van der Waals surface area contributed by atoms with Crippen LogP contribution in [-0.2, 0) is 9.05 Å². The Labute approximate surface area is 105 Å². The summed E-state index contributed by atoms with van der Waals surface area (Å²) < 4.78 is 61.9. The van der Waals surface area contributed by atoms with Crippen LogP contribution < -0.4 is 4.74 Å². The van der Waals surface area contributed by atoms with E-state index in [4.69, 9.17) is 15.9 Å². The van der Waals surface area contributed by atoms with Crippen molar-refractivity contribution < 1.29 is 26.3 Å². The molecule has 0 aromatic heterocycles. The highest BCUT2D eigenvalue weighted by Gasteiger charge is 2.32. The molecule has 0 saturated carbocycles. The van der Waals surface area contributed by atoms with Crippen LogP contribution in [-0.4, -0.2) is 14.8 Å². The number of hydrogen-bond acceptors (Lipinski definition) is 4. The lowest BCUT2D eigenvalue weighted by molar-refractivity contribution is -0.274. The molecule has 0 aliphatic carbocycles. The van der Waals surface area contributed by atoms with Crippen molar-refractivity contribution in [2.75, 3.05) is 0 Å². The Morgan fingerprint density at radius 2 is 1.94 bits per heavy atom. The lowest BCUT2D eigenvalue weighted by Crippen LogP contribution is -2.17. The predicted octanol–water partition coefficient (Wildman–Crippen LogP) is 2.69. The van der Waals surface area contributed by atoms with E-state index in [-0.39, 0.29) is 11.1 Å². The van der Waals surface area contributed by atoms with Crippen LogP contribution in [0.2, 0.25) is 0 Å². The van der Waals surface area contributed by atoms with E-state index in [1.165, 1.54) is 6.92 Å². The van der Waals surface area contributed by atoms with E-state index in [1.807, 2.05) is 0 Å². The van der Waals surface area contributed by atoms with Gasteiger partial charge < -0.3 is 4.74 Å². The van der Waals surface area contributed by atoms with Crippen molar-refractivity contribution in [1.82, 2.24) is 0 Å². The summed E-state index contributed by atoms with van der Waals surface area (Å²) in [5.41, 5.74) is -0.307. The standard InChI is InChI=1S/C9H5ClF3NO3S/c1-5-6(4-14)2-7(17-9(11,12)13)3-8(5)18(10,15)16/h2-3H,1H3. The first-order chi connectivity index (χ1) is 8.04. The topological polar surface area (TPSA) is 67.2 Å². The minimum Gasteiger partial charge on any atom is -0.406 e. The van der Waals surface area contributed by atoms with Crippen LogP contribution in [0, 0.1) is 18.3 Å². The van der Waals surface area contributed by atoms with Crippen LogP contribution in [0.15, 0.2) is 17.0 Å². The fourth-order valence-corrected chi connectivity index (χ4v) is 2.44. The van der Waals surface area contributed by atoms with Crippen molar-refractivity contribution in [3.8, 4) is 11.8 Å². The molecule has 98 valence electrons. The minimum atomic E-state index is -4.99. The number of benzene rings is 1. The maximum atomic E-state index is 12.0. The van der Waals surface area contributed by atoms with Gasteiger partial charge in [-0.05, 0) is 18.6 Å². The Morgan fingerprint density at radius 1 is 1.39 bits per heavy atom. The maximum absolute atomic E-state index is 12.0. The molecule has 0 fully saturated rings.